The number of nitrogens with zero attached hydrogens (tertiary/aromatic N) is 2. The van der Waals surface area contributed by atoms with E-state index in [9.17, 15) is 14.4 Å². The van der Waals surface area contributed by atoms with Crippen molar-refractivity contribution in [2.45, 2.75) is 13.3 Å². The largest absolute Gasteiger partial charge is 0.455 e. The Morgan fingerprint density at radius 1 is 1.08 bits per heavy atom. The number of anilines is 1. The van der Waals surface area contributed by atoms with E-state index in [4.69, 9.17) is 4.74 Å². The molecular formula is C18H23N3O4. The molecular weight excluding hydrogens is 322 g/mol. The quantitative estimate of drug-likeness (QED) is 0.840. The fourth-order valence-electron chi connectivity index (χ4n) is 2.86. The van der Waals surface area contributed by atoms with Crippen LogP contribution in [0.3, 0.4) is 0 Å². The summed E-state index contributed by atoms with van der Waals surface area (Å²) in [5.41, 5.74) is 0.743. The van der Waals surface area contributed by atoms with Gasteiger partial charge in [0.25, 0.3) is 5.91 Å². The van der Waals surface area contributed by atoms with E-state index in [0.29, 0.717) is 32.1 Å². The summed E-state index contributed by atoms with van der Waals surface area (Å²) < 4.78 is 5.08. The Kier molecular flexibility index (Phi) is 5.21. The molecule has 2 unspecified atom stereocenters. The number of nitrogens with one attached hydrogen (secondary N) is 1. The zero-order valence-corrected chi connectivity index (χ0v) is 14.3. The molecule has 7 nitrogen and oxygen atoms in total. The highest BCUT2D eigenvalue weighted by Gasteiger charge is 2.40. The number of hydrogen-bond donors (Lipinski definition) is 1. The third-order valence-corrected chi connectivity index (χ3v) is 4.69. The lowest BCUT2D eigenvalue weighted by Crippen LogP contribution is -2.52. The van der Waals surface area contributed by atoms with E-state index in [1.54, 1.807) is 9.80 Å². The van der Waals surface area contributed by atoms with Gasteiger partial charge < -0.3 is 19.9 Å². The van der Waals surface area contributed by atoms with Crippen LogP contribution in [0.25, 0.3) is 0 Å². The highest BCUT2D eigenvalue weighted by molar-refractivity contribution is 5.89. The highest BCUT2D eigenvalue weighted by atomic mass is 16.5. The third kappa shape index (κ3) is 4.49. The van der Waals surface area contributed by atoms with Crippen LogP contribution in [0.2, 0.25) is 0 Å². The number of carbonyl (C=O) groups excluding carboxylic acids is 3. The number of benzene rings is 1. The van der Waals surface area contributed by atoms with Crippen LogP contribution >= 0.6 is 0 Å². The summed E-state index contributed by atoms with van der Waals surface area (Å²) in [4.78, 5) is 39.3. The topological polar surface area (TPSA) is 79.0 Å². The number of hydrogen-bond acceptors (Lipinski definition) is 4. The van der Waals surface area contributed by atoms with E-state index in [2.05, 4.69) is 5.32 Å². The van der Waals surface area contributed by atoms with E-state index < -0.39 is 0 Å². The van der Waals surface area contributed by atoms with Gasteiger partial charge in [0.05, 0.1) is 5.92 Å². The lowest BCUT2D eigenvalue weighted by atomic mass is 10.3. The summed E-state index contributed by atoms with van der Waals surface area (Å²) in [6.45, 7) is 3.58. The molecule has 1 aromatic rings. The van der Waals surface area contributed by atoms with Gasteiger partial charge >= 0.3 is 12.0 Å². The fraction of sp³-hybridized carbons (Fsp3) is 0.500. The molecule has 25 heavy (non-hydrogen) atoms. The molecule has 0 aromatic heterocycles. The Labute approximate surface area is 146 Å². The van der Waals surface area contributed by atoms with Gasteiger partial charge in [-0.3, -0.25) is 9.59 Å². The maximum atomic E-state index is 12.2. The first-order chi connectivity index (χ1) is 12.0. The van der Waals surface area contributed by atoms with Crippen molar-refractivity contribution < 1.29 is 19.1 Å². The van der Waals surface area contributed by atoms with Crippen molar-refractivity contribution in [3.63, 3.8) is 0 Å². The van der Waals surface area contributed by atoms with Gasteiger partial charge in [-0.15, -0.1) is 0 Å². The van der Waals surface area contributed by atoms with Gasteiger partial charge in [-0.1, -0.05) is 25.1 Å². The summed E-state index contributed by atoms with van der Waals surface area (Å²) in [5.74, 6) is -0.146. The maximum Gasteiger partial charge on any atom is 0.321 e. The van der Waals surface area contributed by atoms with Crippen molar-refractivity contribution in [2.24, 2.45) is 11.8 Å². The van der Waals surface area contributed by atoms with Crippen molar-refractivity contribution in [2.75, 3.05) is 38.1 Å². The molecule has 1 aromatic carbocycles. The molecule has 2 atom stereocenters. The van der Waals surface area contributed by atoms with Gasteiger partial charge in [-0.05, 0) is 24.5 Å². The van der Waals surface area contributed by atoms with E-state index >= 15 is 0 Å². The second-order valence-electron chi connectivity index (χ2n) is 6.59. The van der Waals surface area contributed by atoms with Gasteiger partial charge in [0.1, 0.15) is 0 Å². The minimum atomic E-state index is -0.276. The number of carbonyl (C=O) groups is 3. The van der Waals surface area contributed by atoms with Gasteiger partial charge in [0, 0.05) is 31.9 Å². The number of urea groups is 1. The number of para-hydroxylation sites is 1. The molecule has 1 aliphatic carbocycles. The Morgan fingerprint density at radius 3 is 2.28 bits per heavy atom. The van der Waals surface area contributed by atoms with Crippen LogP contribution in [0.4, 0.5) is 10.5 Å². The molecule has 1 aliphatic heterocycles. The Balaban J connectivity index is 1.39. The van der Waals surface area contributed by atoms with Crippen LogP contribution in [0.1, 0.15) is 13.3 Å². The molecule has 2 fully saturated rings. The number of ether oxygens (including phenoxy) is 1. The highest BCUT2D eigenvalue weighted by Crippen LogP contribution is 2.38. The molecule has 134 valence electrons. The van der Waals surface area contributed by atoms with E-state index in [1.165, 1.54) is 0 Å². The van der Waals surface area contributed by atoms with Crippen LogP contribution in [-0.2, 0) is 14.3 Å². The standard InChI is InChI=1S/C18H23N3O4/c1-13-11-15(13)17(23)25-12-16(22)20-7-9-21(10-8-20)18(24)19-14-5-3-2-4-6-14/h2-6,13,15H,7-12H2,1H3,(H,19,24). The molecule has 1 N–H and O–H groups in total. The van der Waals surface area contributed by atoms with E-state index in [1.807, 2.05) is 37.3 Å². The molecule has 0 spiro atoms. The predicted octanol–water partition coefficient (Wildman–Crippen LogP) is 1.56. The average molecular weight is 345 g/mol. The molecule has 1 saturated carbocycles. The fourth-order valence-corrected chi connectivity index (χ4v) is 2.86. The summed E-state index contributed by atoms with van der Waals surface area (Å²) >= 11 is 0. The first-order valence-electron chi connectivity index (χ1n) is 8.60. The van der Waals surface area contributed by atoms with E-state index in [0.717, 1.165) is 12.1 Å². The van der Waals surface area contributed by atoms with Gasteiger partial charge in [0.15, 0.2) is 6.61 Å². The third-order valence-electron chi connectivity index (χ3n) is 4.69. The lowest BCUT2D eigenvalue weighted by molar-refractivity contribution is -0.153. The zero-order valence-electron chi connectivity index (χ0n) is 14.3. The van der Waals surface area contributed by atoms with E-state index in [-0.39, 0.29) is 30.4 Å². The van der Waals surface area contributed by atoms with Crippen LogP contribution in [0.15, 0.2) is 30.3 Å². The minimum Gasteiger partial charge on any atom is -0.455 e. The molecule has 1 heterocycles. The molecule has 2 aliphatic rings. The minimum absolute atomic E-state index is 0.0358. The monoisotopic (exact) mass is 345 g/mol. The van der Waals surface area contributed by atoms with Crippen molar-refractivity contribution >= 4 is 23.6 Å². The molecule has 3 amide bonds. The summed E-state index contributed by atoms with van der Waals surface area (Å²) in [5, 5.41) is 2.83. The SMILES string of the molecule is CC1CC1C(=O)OCC(=O)N1CCN(C(=O)Nc2ccccc2)CC1. The Hall–Kier alpha value is -2.57. The second kappa shape index (κ2) is 7.55. The Bertz CT molecular complexity index is 641. The molecule has 0 bridgehead atoms. The number of esters is 1. The van der Waals surface area contributed by atoms with Crippen LogP contribution in [0, 0.1) is 11.8 Å². The van der Waals surface area contributed by atoms with Crippen molar-refractivity contribution in [1.82, 2.24) is 9.80 Å². The lowest BCUT2D eigenvalue weighted by Gasteiger charge is -2.34. The van der Waals surface area contributed by atoms with Crippen molar-refractivity contribution in [1.29, 1.82) is 0 Å². The first kappa shape index (κ1) is 17.3. The molecule has 3 rings (SSSR count). The van der Waals surface area contributed by atoms with Gasteiger partial charge in [-0.2, -0.15) is 0 Å². The molecule has 0 radical (unpaired) electrons. The van der Waals surface area contributed by atoms with Gasteiger partial charge in [-0.25, -0.2) is 4.79 Å². The summed E-state index contributed by atoms with van der Waals surface area (Å²) in [6, 6.07) is 9.08. The Morgan fingerprint density at radius 2 is 1.68 bits per heavy atom. The number of amides is 3. The van der Waals surface area contributed by atoms with Crippen LogP contribution < -0.4 is 5.32 Å². The van der Waals surface area contributed by atoms with Crippen LogP contribution in [-0.4, -0.2) is 60.5 Å². The van der Waals surface area contributed by atoms with Crippen molar-refractivity contribution in [3.8, 4) is 0 Å². The maximum absolute atomic E-state index is 12.2. The molecule has 7 heteroatoms. The predicted molar refractivity (Wildman–Crippen MR) is 91.8 cm³/mol. The summed E-state index contributed by atoms with van der Waals surface area (Å²) in [7, 11) is 0. The zero-order chi connectivity index (χ0) is 17.8. The van der Waals surface area contributed by atoms with Crippen molar-refractivity contribution in [3.05, 3.63) is 30.3 Å². The van der Waals surface area contributed by atoms with Crippen LogP contribution in [0.5, 0.6) is 0 Å². The summed E-state index contributed by atoms with van der Waals surface area (Å²) in [6.07, 6.45) is 0.849. The average Bonchev–Trinajstić information content (AvgIpc) is 3.37. The normalized spacial score (nSPS) is 22.3. The smallest absolute Gasteiger partial charge is 0.321 e. The number of piperazine rings is 1. The number of rotatable bonds is 4. The van der Waals surface area contributed by atoms with Gasteiger partial charge in [0.2, 0.25) is 0 Å². The first-order valence-corrected chi connectivity index (χ1v) is 8.60. The molecule has 1 saturated heterocycles. The second-order valence-corrected chi connectivity index (χ2v) is 6.59.